The topological polar surface area (TPSA) is 92.3 Å². The molecule has 7 heteroatoms. The Morgan fingerprint density at radius 2 is 2.05 bits per heavy atom. The van der Waals surface area contributed by atoms with Crippen molar-refractivity contribution in [3.63, 3.8) is 0 Å². The van der Waals surface area contributed by atoms with E-state index < -0.39 is 12.0 Å². The van der Waals surface area contributed by atoms with Crippen molar-refractivity contribution in [2.45, 2.75) is 45.1 Å². The van der Waals surface area contributed by atoms with Gasteiger partial charge in [0.15, 0.2) is 0 Å². The van der Waals surface area contributed by atoms with Crippen molar-refractivity contribution in [2.75, 3.05) is 18.0 Å². The molecule has 0 aliphatic carbocycles. The number of anilines is 1. The van der Waals surface area contributed by atoms with E-state index in [4.69, 9.17) is 5.73 Å². The highest BCUT2D eigenvalue weighted by Crippen LogP contribution is 2.29. The maximum absolute atomic E-state index is 11.0. The van der Waals surface area contributed by atoms with Crippen LogP contribution < -0.4 is 10.6 Å². The lowest BCUT2D eigenvalue weighted by Gasteiger charge is -2.32. The zero-order chi connectivity index (χ0) is 14.9. The quantitative estimate of drug-likeness (QED) is 0.865. The van der Waals surface area contributed by atoms with Crippen molar-refractivity contribution in [2.24, 2.45) is 11.7 Å². The van der Waals surface area contributed by atoms with Crippen LogP contribution in [0.5, 0.6) is 0 Å². The zero-order valence-electron chi connectivity index (χ0n) is 12.2. The summed E-state index contributed by atoms with van der Waals surface area (Å²) < 4.78 is 4.41. The maximum Gasteiger partial charge on any atom is 0.246 e. The van der Waals surface area contributed by atoms with E-state index in [1.165, 1.54) is 11.5 Å². The lowest BCUT2D eigenvalue weighted by Crippen LogP contribution is -2.42. The fraction of sp³-hybridized carbons (Fsp3) is 0.769. The van der Waals surface area contributed by atoms with Gasteiger partial charge in [-0.25, -0.2) is 4.98 Å². The summed E-state index contributed by atoms with van der Waals surface area (Å²) in [4.78, 5) is 17.8. The number of amides is 1. The molecule has 3 N–H and O–H groups in total. The van der Waals surface area contributed by atoms with Crippen LogP contribution in [0.3, 0.4) is 0 Å². The minimum Gasteiger partial charge on any atom is -0.383 e. The monoisotopic (exact) mass is 298 g/mol. The van der Waals surface area contributed by atoms with Gasteiger partial charge in [-0.15, -0.1) is 0 Å². The van der Waals surface area contributed by atoms with Crippen LogP contribution in [-0.2, 0) is 10.2 Å². The van der Waals surface area contributed by atoms with Crippen LogP contribution in [0.25, 0.3) is 0 Å². The summed E-state index contributed by atoms with van der Waals surface area (Å²) in [7, 11) is 0. The van der Waals surface area contributed by atoms with Crippen LogP contribution in [0.4, 0.5) is 5.13 Å². The van der Waals surface area contributed by atoms with E-state index in [1.54, 1.807) is 0 Å². The van der Waals surface area contributed by atoms with Gasteiger partial charge in [0, 0.05) is 30.0 Å². The van der Waals surface area contributed by atoms with Crippen LogP contribution in [0.2, 0.25) is 0 Å². The minimum absolute atomic E-state index is 0.0428. The molecule has 112 valence electrons. The molecule has 1 saturated heterocycles. The molecule has 1 atom stereocenters. The van der Waals surface area contributed by atoms with E-state index in [9.17, 15) is 9.90 Å². The summed E-state index contributed by atoms with van der Waals surface area (Å²) in [6, 6.07) is 0. The number of carbonyl (C=O) groups excluding carboxylic acids is 1. The third kappa shape index (κ3) is 3.27. The predicted molar refractivity (Wildman–Crippen MR) is 78.7 cm³/mol. The third-order valence-corrected chi connectivity index (χ3v) is 4.41. The van der Waals surface area contributed by atoms with Crippen LogP contribution in [0.1, 0.15) is 39.4 Å². The van der Waals surface area contributed by atoms with Gasteiger partial charge in [0.05, 0.1) is 0 Å². The molecule has 1 aromatic heterocycles. The number of primary amides is 1. The normalized spacial score (nSPS) is 19.1. The second-order valence-electron chi connectivity index (χ2n) is 6.32. The molecule has 2 heterocycles. The predicted octanol–water partition coefficient (Wildman–Crippen LogP) is 0.898. The molecule has 6 nitrogen and oxygen atoms in total. The highest BCUT2D eigenvalue weighted by molar-refractivity contribution is 7.09. The summed E-state index contributed by atoms with van der Waals surface area (Å²) in [5.74, 6) is 0.185. The number of nitrogens with zero attached hydrogens (tertiary/aromatic N) is 3. The number of rotatable bonds is 3. The molecule has 1 aromatic rings. The van der Waals surface area contributed by atoms with Crippen molar-refractivity contribution in [3.05, 3.63) is 5.82 Å². The highest BCUT2D eigenvalue weighted by atomic mass is 32.1. The van der Waals surface area contributed by atoms with Crippen molar-refractivity contribution >= 4 is 22.6 Å². The Bertz CT molecular complexity index is 475. The molecule has 1 amide bonds. The van der Waals surface area contributed by atoms with Crippen molar-refractivity contribution in [1.29, 1.82) is 0 Å². The van der Waals surface area contributed by atoms with E-state index in [2.05, 4.69) is 35.0 Å². The standard InChI is InChI=1S/C13H22N4O2S/c1-13(2,3)11-15-12(20-16-11)17-6-4-8(5-7-17)9(18)10(14)19/h8-9,18H,4-7H2,1-3H3,(H2,14,19)/t9-/m0/s1. The number of aliphatic hydroxyl groups is 1. The SMILES string of the molecule is CC(C)(C)c1nsc(N2CCC([C@H](O)C(N)=O)CC2)n1. The van der Waals surface area contributed by atoms with Crippen LogP contribution in [0.15, 0.2) is 0 Å². The number of hydrogen-bond donors (Lipinski definition) is 2. The van der Waals surface area contributed by atoms with Crippen LogP contribution in [0, 0.1) is 5.92 Å². The molecule has 0 spiro atoms. The Morgan fingerprint density at radius 3 is 2.50 bits per heavy atom. The van der Waals surface area contributed by atoms with Crippen molar-refractivity contribution < 1.29 is 9.90 Å². The largest absolute Gasteiger partial charge is 0.383 e. The Balaban J connectivity index is 1.97. The van der Waals surface area contributed by atoms with Gasteiger partial charge >= 0.3 is 0 Å². The molecule has 0 bridgehead atoms. The molecular formula is C13H22N4O2S. The van der Waals surface area contributed by atoms with Crippen molar-refractivity contribution in [1.82, 2.24) is 9.36 Å². The smallest absolute Gasteiger partial charge is 0.246 e. The fourth-order valence-electron chi connectivity index (χ4n) is 2.29. The summed E-state index contributed by atoms with van der Waals surface area (Å²) in [6.45, 7) is 7.82. The molecule has 20 heavy (non-hydrogen) atoms. The van der Waals surface area contributed by atoms with E-state index in [1.807, 2.05) is 0 Å². The number of aliphatic hydroxyl groups excluding tert-OH is 1. The average Bonchev–Trinajstić information content (AvgIpc) is 2.87. The Hall–Kier alpha value is -1.21. The molecule has 0 unspecified atom stereocenters. The number of hydrogen-bond acceptors (Lipinski definition) is 6. The van der Waals surface area contributed by atoms with E-state index in [0.717, 1.165) is 36.9 Å². The van der Waals surface area contributed by atoms with Crippen LogP contribution in [-0.4, -0.2) is 39.6 Å². The zero-order valence-corrected chi connectivity index (χ0v) is 13.0. The summed E-state index contributed by atoms with van der Waals surface area (Å²) >= 11 is 1.41. The maximum atomic E-state index is 11.0. The highest BCUT2D eigenvalue weighted by Gasteiger charge is 2.30. The van der Waals surface area contributed by atoms with Gasteiger partial charge in [-0.2, -0.15) is 4.37 Å². The van der Waals surface area contributed by atoms with E-state index in [-0.39, 0.29) is 11.3 Å². The molecule has 0 aromatic carbocycles. The second-order valence-corrected chi connectivity index (χ2v) is 7.05. The first kappa shape index (κ1) is 15.2. The summed E-state index contributed by atoms with van der Waals surface area (Å²) in [6.07, 6.45) is 0.458. The van der Waals surface area contributed by atoms with Gasteiger partial charge in [0.1, 0.15) is 11.9 Å². The number of carbonyl (C=O) groups is 1. The molecule has 1 aliphatic rings. The number of piperidine rings is 1. The van der Waals surface area contributed by atoms with E-state index >= 15 is 0 Å². The lowest BCUT2D eigenvalue weighted by atomic mass is 9.91. The summed E-state index contributed by atoms with van der Waals surface area (Å²) in [5, 5.41) is 10.6. The molecule has 0 saturated carbocycles. The molecule has 1 aliphatic heterocycles. The third-order valence-electron chi connectivity index (χ3n) is 3.63. The summed E-state index contributed by atoms with van der Waals surface area (Å²) in [5.41, 5.74) is 5.09. The molecule has 2 rings (SSSR count). The first-order valence-corrected chi connectivity index (χ1v) is 7.63. The van der Waals surface area contributed by atoms with Gasteiger partial charge in [0.2, 0.25) is 11.0 Å². The Labute approximate surface area is 123 Å². The lowest BCUT2D eigenvalue weighted by molar-refractivity contribution is -0.129. The molecule has 0 radical (unpaired) electrons. The van der Waals surface area contributed by atoms with Gasteiger partial charge in [-0.1, -0.05) is 20.8 Å². The Morgan fingerprint density at radius 1 is 1.45 bits per heavy atom. The average molecular weight is 298 g/mol. The van der Waals surface area contributed by atoms with Crippen LogP contribution >= 0.6 is 11.5 Å². The fourth-order valence-corrected chi connectivity index (χ4v) is 3.20. The van der Waals surface area contributed by atoms with Gasteiger partial charge in [-0.3, -0.25) is 4.79 Å². The molecule has 1 fully saturated rings. The first-order chi connectivity index (χ1) is 9.29. The first-order valence-electron chi connectivity index (χ1n) is 6.85. The Kier molecular flexibility index (Phi) is 4.29. The number of aromatic nitrogens is 2. The minimum atomic E-state index is -1.03. The van der Waals surface area contributed by atoms with Crippen molar-refractivity contribution in [3.8, 4) is 0 Å². The van der Waals surface area contributed by atoms with Gasteiger partial charge in [0.25, 0.3) is 0 Å². The van der Waals surface area contributed by atoms with Gasteiger partial charge < -0.3 is 15.7 Å². The number of nitrogens with two attached hydrogens (primary N) is 1. The van der Waals surface area contributed by atoms with Gasteiger partial charge in [-0.05, 0) is 18.8 Å². The van der Waals surface area contributed by atoms with E-state index in [0.29, 0.717) is 0 Å². The molecular weight excluding hydrogens is 276 g/mol. The second kappa shape index (κ2) is 5.65.